The number of likely N-dealkylation sites (tertiary alicyclic amines) is 1. The average Bonchev–Trinajstić information content (AvgIpc) is 4.13. The van der Waals surface area contributed by atoms with Crippen molar-refractivity contribution < 1.29 is 28.6 Å². The molecule has 0 radical (unpaired) electrons. The lowest BCUT2D eigenvalue weighted by atomic mass is 9.80. The van der Waals surface area contributed by atoms with Crippen molar-refractivity contribution in [3.05, 3.63) is 86.0 Å². The number of pyridine rings is 1. The van der Waals surface area contributed by atoms with E-state index in [1.165, 1.54) is 0 Å². The Labute approximate surface area is 375 Å². The van der Waals surface area contributed by atoms with Gasteiger partial charge in [-0.1, -0.05) is 53.0 Å². The summed E-state index contributed by atoms with van der Waals surface area (Å²) in [7, 11) is 0. The standard InChI is InChI=1S/C47H60Cl3N5O6/c1-29-22-39(49)42(40(50)23-29)59-35-17-19-52(27-35)41-15-9-31(25-51-41)36-18-20-53(44(57)60-46(2,3)4)28-37(36)43(56)55(34-12-13-34)26-32-24-30(8-14-38(32)48)16-21-54(33-10-11-33)45(58)61-47(5,6)7/h8-9,14-15,22-25,33-37H,10-13,16-21,26-28H2,1-7H3/t35-,36+,37-/m1/s1. The van der Waals surface area contributed by atoms with Gasteiger partial charge in [0.05, 0.1) is 22.5 Å². The molecule has 3 heterocycles. The molecule has 3 atom stereocenters. The summed E-state index contributed by atoms with van der Waals surface area (Å²) < 4.78 is 17.8. The number of nitrogens with zero attached hydrogens (tertiary/aromatic N) is 5. The lowest BCUT2D eigenvalue weighted by Crippen LogP contribution is -2.51. The number of halogens is 3. The third kappa shape index (κ3) is 11.8. The van der Waals surface area contributed by atoms with Gasteiger partial charge < -0.3 is 33.8 Å². The second-order valence-electron chi connectivity index (χ2n) is 19.2. The van der Waals surface area contributed by atoms with Crippen LogP contribution in [0.5, 0.6) is 5.75 Å². The van der Waals surface area contributed by atoms with Crippen molar-refractivity contribution in [2.24, 2.45) is 5.92 Å². The van der Waals surface area contributed by atoms with Crippen LogP contribution in [0, 0.1) is 12.8 Å². The minimum absolute atomic E-state index is 0.0101. The van der Waals surface area contributed by atoms with Gasteiger partial charge in [0.25, 0.3) is 0 Å². The summed E-state index contributed by atoms with van der Waals surface area (Å²) in [5, 5.41) is 1.58. The van der Waals surface area contributed by atoms with E-state index in [0.717, 1.165) is 66.7 Å². The molecule has 3 amide bonds. The second kappa shape index (κ2) is 18.4. The van der Waals surface area contributed by atoms with E-state index in [2.05, 4.69) is 17.0 Å². The van der Waals surface area contributed by atoms with Crippen LogP contribution in [-0.2, 0) is 27.2 Å². The lowest BCUT2D eigenvalue weighted by molar-refractivity contribution is -0.139. The number of ether oxygens (including phenoxy) is 3. The Kier molecular flexibility index (Phi) is 13.6. The van der Waals surface area contributed by atoms with Crippen molar-refractivity contribution in [1.82, 2.24) is 19.7 Å². The number of rotatable bonds is 12. The van der Waals surface area contributed by atoms with E-state index in [9.17, 15) is 9.59 Å². The number of aryl methyl sites for hydroxylation is 1. The minimum atomic E-state index is -0.671. The van der Waals surface area contributed by atoms with Gasteiger partial charge in [0, 0.05) is 68.4 Å². The Hall–Kier alpha value is -3.93. The maximum atomic E-state index is 15.0. The first kappa shape index (κ1) is 45.1. The molecule has 2 aliphatic heterocycles. The summed E-state index contributed by atoms with van der Waals surface area (Å²) in [6.45, 7) is 16.1. The van der Waals surface area contributed by atoms with Crippen molar-refractivity contribution in [3.63, 3.8) is 0 Å². The van der Waals surface area contributed by atoms with Gasteiger partial charge in [0.2, 0.25) is 5.91 Å². The highest BCUT2D eigenvalue weighted by Crippen LogP contribution is 2.40. The molecule has 0 spiro atoms. The largest absolute Gasteiger partial charge is 0.485 e. The zero-order chi connectivity index (χ0) is 43.8. The van der Waals surface area contributed by atoms with E-state index in [0.29, 0.717) is 59.8 Å². The van der Waals surface area contributed by atoms with Crippen LogP contribution in [0.4, 0.5) is 15.4 Å². The molecular weight excluding hydrogens is 837 g/mol. The molecule has 1 aromatic heterocycles. The van der Waals surface area contributed by atoms with Crippen molar-refractivity contribution >= 4 is 58.7 Å². The molecule has 7 rings (SSSR count). The van der Waals surface area contributed by atoms with E-state index in [1.54, 1.807) is 4.90 Å². The van der Waals surface area contributed by atoms with Crippen LogP contribution in [0.1, 0.15) is 108 Å². The van der Waals surface area contributed by atoms with Crippen molar-refractivity contribution in [2.75, 3.05) is 37.6 Å². The Morgan fingerprint density at radius 2 is 1.46 bits per heavy atom. The Morgan fingerprint density at radius 3 is 2.08 bits per heavy atom. The van der Waals surface area contributed by atoms with Gasteiger partial charge in [-0.2, -0.15) is 0 Å². The van der Waals surface area contributed by atoms with Gasteiger partial charge in [0.1, 0.15) is 23.1 Å². The lowest BCUT2D eigenvalue weighted by Gasteiger charge is -2.40. The van der Waals surface area contributed by atoms with Gasteiger partial charge in [-0.15, -0.1) is 0 Å². The number of hydrogen-bond acceptors (Lipinski definition) is 8. The molecule has 4 aliphatic rings. The fraction of sp³-hybridized carbons (Fsp3) is 0.574. The third-order valence-electron chi connectivity index (χ3n) is 11.7. The third-order valence-corrected chi connectivity index (χ3v) is 12.6. The molecule has 4 fully saturated rings. The van der Waals surface area contributed by atoms with Crippen LogP contribution in [0.25, 0.3) is 0 Å². The highest BCUT2D eigenvalue weighted by Gasteiger charge is 2.44. The van der Waals surface area contributed by atoms with Gasteiger partial charge >= 0.3 is 12.2 Å². The maximum absolute atomic E-state index is 15.0. The molecular formula is C47H60Cl3N5O6. The summed E-state index contributed by atoms with van der Waals surface area (Å²) >= 11 is 19.8. The van der Waals surface area contributed by atoms with Crippen LogP contribution >= 0.6 is 34.8 Å². The first-order valence-electron chi connectivity index (χ1n) is 21.7. The summed E-state index contributed by atoms with van der Waals surface area (Å²) in [6, 6.07) is 14.0. The predicted molar refractivity (Wildman–Crippen MR) is 240 cm³/mol. The molecule has 11 nitrogen and oxygen atoms in total. The number of aromatic nitrogens is 1. The molecule has 2 aromatic carbocycles. The maximum Gasteiger partial charge on any atom is 0.410 e. The van der Waals surface area contributed by atoms with Crippen molar-refractivity contribution in [1.29, 1.82) is 0 Å². The smallest absolute Gasteiger partial charge is 0.410 e. The molecule has 0 N–H and O–H groups in total. The predicted octanol–water partition coefficient (Wildman–Crippen LogP) is 10.5. The normalized spacial score (nSPS) is 20.7. The quantitative estimate of drug-likeness (QED) is 0.177. The van der Waals surface area contributed by atoms with Gasteiger partial charge in [-0.05, 0) is 134 Å². The molecule has 61 heavy (non-hydrogen) atoms. The zero-order valence-corrected chi connectivity index (χ0v) is 38.8. The Morgan fingerprint density at radius 1 is 0.787 bits per heavy atom. The minimum Gasteiger partial charge on any atom is -0.485 e. The summed E-state index contributed by atoms with van der Waals surface area (Å²) in [6.07, 6.45) is 6.85. The number of anilines is 1. The van der Waals surface area contributed by atoms with Crippen LogP contribution < -0.4 is 9.64 Å². The molecule has 2 saturated carbocycles. The fourth-order valence-corrected chi connectivity index (χ4v) is 9.21. The van der Waals surface area contributed by atoms with E-state index in [4.69, 9.17) is 54.0 Å². The van der Waals surface area contributed by atoms with Crippen LogP contribution in [0.15, 0.2) is 48.7 Å². The highest BCUT2D eigenvalue weighted by atomic mass is 35.5. The Balaban J connectivity index is 1.07. The summed E-state index contributed by atoms with van der Waals surface area (Å²) in [5.41, 5.74) is 2.58. The van der Waals surface area contributed by atoms with E-state index >= 15 is 4.79 Å². The number of benzene rings is 2. The average molecular weight is 897 g/mol. The Bertz CT molecular complexity index is 2060. The van der Waals surface area contributed by atoms with Gasteiger partial charge in [0.15, 0.2) is 5.75 Å². The molecule has 2 aliphatic carbocycles. The fourth-order valence-electron chi connectivity index (χ4n) is 8.35. The molecule has 3 aromatic rings. The summed E-state index contributed by atoms with van der Waals surface area (Å²) in [4.78, 5) is 54.1. The second-order valence-corrected chi connectivity index (χ2v) is 20.4. The number of amides is 3. The van der Waals surface area contributed by atoms with Gasteiger partial charge in [-0.3, -0.25) is 4.79 Å². The first-order chi connectivity index (χ1) is 28.8. The van der Waals surface area contributed by atoms with E-state index in [-0.39, 0.29) is 42.7 Å². The highest BCUT2D eigenvalue weighted by molar-refractivity contribution is 6.37. The SMILES string of the molecule is Cc1cc(Cl)c(O[C@@H]2CCN(c3ccc([C@@H]4CCN(C(=O)OC(C)(C)C)C[C@H]4C(=O)N(Cc4cc(CCN(C(=O)OC(C)(C)C)C5CC5)ccc4Cl)C4CC4)cn3)C2)c(Cl)c1. The monoisotopic (exact) mass is 895 g/mol. The van der Waals surface area contributed by atoms with Crippen LogP contribution in [0.3, 0.4) is 0 Å². The molecule has 14 heteroatoms. The topological polar surface area (TPSA) is 105 Å². The zero-order valence-electron chi connectivity index (χ0n) is 36.5. The number of hydrogen-bond donors (Lipinski definition) is 0. The molecule has 0 bridgehead atoms. The van der Waals surface area contributed by atoms with Crippen molar-refractivity contribution in [2.45, 2.75) is 135 Å². The molecule has 330 valence electrons. The summed E-state index contributed by atoms with van der Waals surface area (Å²) in [5.74, 6) is 0.626. The van der Waals surface area contributed by atoms with Crippen LogP contribution in [-0.4, -0.2) is 99.9 Å². The van der Waals surface area contributed by atoms with Crippen LogP contribution in [0.2, 0.25) is 15.1 Å². The van der Waals surface area contributed by atoms with E-state index in [1.807, 2.05) is 94.8 Å². The molecule has 0 unspecified atom stereocenters. The number of piperidine rings is 1. The van der Waals surface area contributed by atoms with Gasteiger partial charge in [-0.25, -0.2) is 14.6 Å². The number of carbonyl (C=O) groups is 3. The van der Waals surface area contributed by atoms with Crippen molar-refractivity contribution in [3.8, 4) is 5.75 Å². The van der Waals surface area contributed by atoms with E-state index < -0.39 is 23.2 Å². The molecule has 2 saturated heterocycles. The first-order valence-corrected chi connectivity index (χ1v) is 22.8. The number of carbonyl (C=O) groups excluding carboxylic acids is 3.